The summed E-state index contributed by atoms with van der Waals surface area (Å²) >= 11 is 0. The summed E-state index contributed by atoms with van der Waals surface area (Å²) in [7, 11) is 1.58. The Balaban J connectivity index is 1.81. The summed E-state index contributed by atoms with van der Waals surface area (Å²) in [5.74, 6) is -0.788. The number of ether oxygens (including phenoxy) is 3. The van der Waals surface area contributed by atoms with Gasteiger partial charge in [-0.25, -0.2) is 0 Å². The number of methoxy groups -OCH3 is 1. The molecule has 2 aromatic carbocycles. The van der Waals surface area contributed by atoms with Crippen LogP contribution in [0.1, 0.15) is 47.8 Å². The molecule has 2 aliphatic heterocycles. The van der Waals surface area contributed by atoms with E-state index >= 15 is 0 Å². The van der Waals surface area contributed by atoms with Crippen LogP contribution >= 0.6 is 0 Å². The molecule has 6 rings (SSSR count). The average Bonchev–Trinajstić information content (AvgIpc) is 3.16. The van der Waals surface area contributed by atoms with Gasteiger partial charge in [0.2, 0.25) is 5.79 Å². The van der Waals surface area contributed by atoms with Crippen LogP contribution < -0.4 is 9.47 Å². The third-order valence-corrected chi connectivity index (χ3v) is 8.13. The number of hydrogen-bond acceptors (Lipinski definition) is 5. The van der Waals surface area contributed by atoms with E-state index in [2.05, 4.69) is 19.1 Å². The Morgan fingerprint density at radius 1 is 1.06 bits per heavy atom. The van der Waals surface area contributed by atoms with Gasteiger partial charge in [0.15, 0.2) is 5.78 Å². The van der Waals surface area contributed by atoms with Crippen molar-refractivity contribution in [2.45, 2.75) is 51.1 Å². The Labute approximate surface area is 181 Å². The van der Waals surface area contributed by atoms with Gasteiger partial charge in [0.25, 0.3) is 0 Å². The fraction of sp³-hybridized carbons (Fsp3) is 0.423. The van der Waals surface area contributed by atoms with E-state index in [9.17, 15) is 9.90 Å². The van der Waals surface area contributed by atoms with E-state index < -0.39 is 23.2 Å². The first-order valence-corrected chi connectivity index (χ1v) is 10.8. The van der Waals surface area contributed by atoms with Gasteiger partial charge in [-0.15, -0.1) is 0 Å². The highest BCUT2D eigenvalue weighted by Gasteiger charge is 2.80. The van der Waals surface area contributed by atoms with Gasteiger partial charge < -0.3 is 19.3 Å². The highest BCUT2D eigenvalue weighted by molar-refractivity contribution is 5.97. The van der Waals surface area contributed by atoms with Gasteiger partial charge in [-0.3, -0.25) is 4.79 Å². The van der Waals surface area contributed by atoms with Gasteiger partial charge in [0.05, 0.1) is 30.7 Å². The van der Waals surface area contributed by atoms with Crippen molar-refractivity contribution in [3.63, 3.8) is 0 Å². The second-order valence-electron chi connectivity index (χ2n) is 9.41. The number of aliphatic hydroxyl groups is 1. The lowest BCUT2D eigenvalue weighted by Gasteiger charge is -2.52. The molecule has 1 N–H and O–H groups in total. The number of carbonyl (C=O) groups excluding carboxylic acids is 1. The number of aliphatic hydroxyl groups excluding tert-OH is 1. The van der Waals surface area contributed by atoms with Gasteiger partial charge in [-0.2, -0.15) is 0 Å². The largest absolute Gasteiger partial charge is 0.496 e. The number of benzene rings is 2. The van der Waals surface area contributed by atoms with Crippen LogP contribution in [0, 0.1) is 25.7 Å². The molecule has 2 aromatic rings. The van der Waals surface area contributed by atoms with Crippen molar-refractivity contribution in [1.29, 1.82) is 0 Å². The molecular weight excluding hydrogens is 392 g/mol. The molecule has 1 saturated heterocycles. The molecule has 160 valence electrons. The van der Waals surface area contributed by atoms with Gasteiger partial charge in [0.1, 0.15) is 11.5 Å². The summed E-state index contributed by atoms with van der Waals surface area (Å²) in [4.78, 5) is 13.6. The third-order valence-electron chi connectivity index (χ3n) is 8.13. The maximum absolute atomic E-state index is 13.6. The Morgan fingerprint density at radius 3 is 2.58 bits per heavy atom. The second-order valence-corrected chi connectivity index (χ2v) is 9.41. The molecule has 31 heavy (non-hydrogen) atoms. The Kier molecular flexibility index (Phi) is 3.56. The average molecular weight is 418 g/mol. The van der Waals surface area contributed by atoms with Gasteiger partial charge in [0, 0.05) is 22.6 Å². The zero-order valence-corrected chi connectivity index (χ0v) is 18.4. The quantitative estimate of drug-likeness (QED) is 0.758. The van der Waals surface area contributed by atoms with Crippen molar-refractivity contribution in [3.8, 4) is 11.5 Å². The highest BCUT2D eigenvalue weighted by atomic mass is 16.7. The number of allylic oxidation sites excluding steroid dienone is 1. The fourth-order valence-corrected chi connectivity index (χ4v) is 7.00. The number of rotatable bonds is 1. The molecule has 1 spiro atoms. The first-order valence-electron chi connectivity index (χ1n) is 10.8. The summed E-state index contributed by atoms with van der Waals surface area (Å²) in [6, 6.07) is 9.81. The predicted octanol–water partition coefficient (Wildman–Crippen LogP) is 4.02. The minimum Gasteiger partial charge on any atom is -0.496 e. The number of aryl methyl sites for hydroxylation is 1. The van der Waals surface area contributed by atoms with E-state index in [-0.39, 0.29) is 17.8 Å². The van der Waals surface area contributed by atoms with Crippen LogP contribution in [0.5, 0.6) is 11.5 Å². The molecule has 2 aliphatic carbocycles. The lowest BCUT2D eigenvalue weighted by Crippen LogP contribution is -2.61. The Morgan fingerprint density at radius 2 is 1.84 bits per heavy atom. The van der Waals surface area contributed by atoms with Gasteiger partial charge >= 0.3 is 0 Å². The van der Waals surface area contributed by atoms with Crippen molar-refractivity contribution >= 4 is 5.78 Å². The van der Waals surface area contributed by atoms with E-state index in [0.717, 1.165) is 33.6 Å². The molecule has 5 heteroatoms. The van der Waals surface area contributed by atoms with Crippen LogP contribution in [0.25, 0.3) is 0 Å². The van der Waals surface area contributed by atoms with E-state index in [1.165, 1.54) is 0 Å². The molecule has 0 radical (unpaired) electrons. The molecule has 0 bridgehead atoms. The van der Waals surface area contributed by atoms with Crippen LogP contribution in [0.4, 0.5) is 0 Å². The lowest BCUT2D eigenvalue weighted by atomic mass is 9.48. The van der Waals surface area contributed by atoms with Crippen molar-refractivity contribution in [1.82, 2.24) is 0 Å². The third kappa shape index (κ3) is 1.86. The number of ketones is 1. The normalized spacial score (nSPS) is 36.7. The minimum atomic E-state index is -1.20. The van der Waals surface area contributed by atoms with Gasteiger partial charge in [-0.05, 0) is 51.0 Å². The fourth-order valence-electron chi connectivity index (χ4n) is 7.00. The smallest absolute Gasteiger partial charge is 0.249 e. The first kappa shape index (κ1) is 19.1. The first-order chi connectivity index (χ1) is 14.8. The summed E-state index contributed by atoms with van der Waals surface area (Å²) in [6.45, 7) is 8.13. The standard InChI is InChI=1S/C26H26O5/c1-12-9-10-17-24(14(12)3)31-26-16-7-6-8-19(29-5)20(16)23(28)22-18(27)11-13(2)21(15(4)30-26)25(17,22)26/h6-11,15,21-23,28H,1-5H3/t15?,21-,22?,23?,25?,26?/m0/s1. The molecule has 5 nitrogen and oxygen atoms in total. The monoisotopic (exact) mass is 418 g/mol. The Hall–Kier alpha value is -2.63. The Bertz CT molecular complexity index is 1200. The van der Waals surface area contributed by atoms with Crippen molar-refractivity contribution in [3.05, 3.63) is 69.8 Å². The molecule has 0 aromatic heterocycles. The van der Waals surface area contributed by atoms with Crippen molar-refractivity contribution in [2.75, 3.05) is 7.11 Å². The van der Waals surface area contributed by atoms with Crippen molar-refractivity contribution < 1.29 is 24.1 Å². The van der Waals surface area contributed by atoms with Crippen LogP contribution in [0.15, 0.2) is 42.0 Å². The molecule has 6 atom stereocenters. The molecule has 2 heterocycles. The topological polar surface area (TPSA) is 65.0 Å². The summed E-state index contributed by atoms with van der Waals surface area (Å²) in [5, 5.41) is 11.7. The zero-order valence-electron chi connectivity index (χ0n) is 18.4. The maximum atomic E-state index is 13.6. The molecule has 1 fully saturated rings. The minimum absolute atomic E-state index is 0.0884. The highest BCUT2D eigenvalue weighted by Crippen LogP contribution is 2.74. The second kappa shape index (κ2) is 5.78. The molecule has 0 amide bonds. The van der Waals surface area contributed by atoms with Gasteiger partial charge in [-0.1, -0.05) is 29.8 Å². The molecule has 4 aliphatic rings. The number of fused-ring (bicyclic) bond motifs is 2. The van der Waals surface area contributed by atoms with E-state index in [1.807, 2.05) is 39.0 Å². The van der Waals surface area contributed by atoms with E-state index in [0.29, 0.717) is 11.3 Å². The summed E-state index contributed by atoms with van der Waals surface area (Å²) in [6.07, 6.45) is 0.480. The number of carbonyl (C=O) groups is 1. The van der Waals surface area contributed by atoms with Crippen LogP contribution in [-0.2, 0) is 20.7 Å². The van der Waals surface area contributed by atoms with E-state index in [4.69, 9.17) is 14.2 Å². The molecule has 5 unspecified atom stereocenters. The van der Waals surface area contributed by atoms with Crippen LogP contribution in [0.2, 0.25) is 0 Å². The molecule has 0 saturated carbocycles. The maximum Gasteiger partial charge on any atom is 0.249 e. The van der Waals surface area contributed by atoms with Crippen LogP contribution in [-0.4, -0.2) is 24.1 Å². The van der Waals surface area contributed by atoms with Crippen LogP contribution in [0.3, 0.4) is 0 Å². The zero-order chi connectivity index (χ0) is 21.9. The predicted molar refractivity (Wildman–Crippen MR) is 114 cm³/mol. The summed E-state index contributed by atoms with van der Waals surface area (Å²) in [5.41, 5.74) is 4.59. The SMILES string of the molecule is COc1cccc2c1C(O)C1C(=O)C=C(C)[C@H]3C(C)OC24Oc2c(ccc(C)c2C)C134. The number of hydrogen-bond donors (Lipinski definition) is 1. The lowest BCUT2D eigenvalue weighted by molar-refractivity contribution is -0.217. The van der Waals surface area contributed by atoms with Crippen molar-refractivity contribution in [2.24, 2.45) is 11.8 Å². The molecular formula is C26H26O5. The van der Waals surface area contributed by atoms with E-state index in [1.54, 1.807) is 13.2 Å². The summed E-state index contributed by atoms with van der Waals surface area (Å²) < 4.78 is 19.2.